The summed E-state index contributed by atoms with van der Waals surface area (Å²) < 4.78 is 6.49. The van der Waals surface area contributed by atoms with Crippen molar-refractivity contribution in [1.29, 1.82) is 0 Å². The van der Waals surface area contributed by atoms with Gasteiger partial charge in [0.25, 0.3) is 0 Å². The zero-order valence-corrected chi connectivity index (χ0v) is 17.6. The van der Waals surface area contributed by atoms with Crippen molar-refractivity contribution >= 4 is 35.0 Å². The van der Waals surface area contributed by atoms with Crippen molar-refractivity contribution in [2.75, 3.05) is 7.11 Å². The number of benzene rings is 2. The lowest BCUT2D eigenvalue weighted by molar-refractivity contribution is -0.118. The zero-order chi connectivity index (χ0) is 21.0. The number of ketones is 1. The smallest absolute Gasteiger partial charge is 0.339 e. The van der Waals surface area contributed by atoms with Gasteiger partial charge >= 0.3 is 5.97 Å². The molecule has 0 fully saturated rings. The molecule has 0 radical (unpaired) electrons. The maximum Gasteiger partial charge on any atom is 0.339 e. The third kappa shape index (κ3) is 5.25. The topological polar surface area (TPSA) is 61.2 Å². The molecule has 0 amide bonds. The van der Waals surface area contributed by atoms with Crippen LogP contribution >= 0.6 is 23.2 Å². The van der Waals surface area contributed by atoms with Gasteiger partial charge in [-0.1, -0.05) is 35.3 Å². The SMILES string of the molecule is COC(=O)c1ccc(CC(=O)CCc2cc(C)nn2-c2cccc(Cl)c2)cc1Cl. The summed E-state index contributed by atoms with van der Waals surface area (Å²) in [7, 11) is 1.30. The van der Waals surface area contributed by atoms with Crippen molar-refractivity contribution in [3.8, 4) is 5.69 Å². The number of hydrogen-bond donors (Lipinski definition) is 0. The molecule has 0 unspecified atom stereocenters. The van der Waals surface area contributed by atoms with Crippen LogP contribution in [0.2, 0.25) is 10.0 Å². The van der Waals surface area contributed by atoms with E-state index in [-0.39, 0.29) is 22.8 Å². The lowest BCUT2D eigenvalue weighted by atomic mass is 10.0. The highest BCUT2D eigenvalue weighted by Crippen LogP contribution is 2.21. The Kier molecular flexibility index (Phi) is 6.72. The molecule has 5 nitrogen and oxygen atoms in total. The molecule has 0 bridgehead atoms. The van der Waals surface area contributed by atoms with Crippen LogP contribution in [0.15, 0.2) is 48.5 Å². The zero-order valence-electron chi connectivity index (χ0n) is 16.1. The number of rotatable bonds is 7. The van der Waals surface area contributed by atoms with Crippen molar-refractivity contribution in [2.24, 2.45) is 0 Å². The summed E-state index contributed by atoms with van der Waals surface area (Å²) in [6.45, 7) is 1.91. The van der Waals surface area contributed by atoms with E-state index < -0.39 is 5.97 Å². The fourth-order valence-corrected chi connectivity index (χ4v) is 3.56. The summed E-state index contributed by atoms with van der Waals surface area (Å²) in [6, 6.07) is 14.3. The van der Waals surface area contributed by atoms with E-state index in [9.17, 15) is 9.59 Å². The molecule has 0 aliphatic rings. The van der Waals surface area contributed by atoms with Gasteiger partial charge in [-0.15, -0.1) is 0 Å². The van der Waals surface area contributed by atoms with Gasteiger partial charge in [-0.25, -0.2) is 9.48 Å². The summed E-state index contributed by atoms with van der Waals surface area (Å²) in [6.07, 6.45) is 1.16. The van der Waals surface area contributed by atoms with E-state index in [1.54, 1.807) is 24.3 Å². The minimum absolute atomic E-state index is 0.0726. The van der Waals surface area contributed by atoms with Crippen LogP contribution in [-0.2, 0) is 22.4 Å². The maximum absolute atomic E-state index is 12.5. The Morgan fingerprint density at radius 2 is 1.90 bits per heavy atom. The van der Waals surface area contributed by atoms with E-state index >= 15 is 0 Å². The average molecular weight is 431 g/mol. The van der Waals surface area contributed by atoms with Gasteiger partial charge in [0, 0.05) is 23.6 Å². The van der Waals surface area contributed by atoms with Crippen molar-refractivity contribution in [3.05, 3.63) is 81.1 Å². The Morgan fingerprint density at radius 1 is 1.10 bits per heavy atom. The molecule has 1 aromatic heterocycles. The minimum atomic E-state index is -0.502. The number of halogens is 2. The second kappa shape index (κ2) is 9.25. The number of methoxy groups -OCH3 is 1. The van der Waals surface area contributed by atoms with Gasteiger partial charge in [0.1, 0.15) is 5.78 Å². The minimum Gasteiger partial charge on any atom is -0.465 e. The Bertz CT molecular complexity index is 1060. The number of aromatic nitrogens is 2. The molecule has 0 saturated carbocycles. The molecular formula is C22H20Cl2N2O3. The van der Waals surface area contributed by atoms with Crippen LogP contribution in [0.25, 0.3) is 5.69 Å². The van der Waals surface area contributed by atoms with E-state index in [0.717, 1.165) is 22.6 Å². The Balaban J connectivity index is 1.67. The van der Waals surface area contributed by atoms with E-state index in [1.165, 1.54) is 7.11 Å². The first-order chi connectivity index (χ1) is 13.9. The molecule has 150 valence electrons. The molecule has 3 rings (SSSR count). The van der Waals surface area contributed by atoms with Gasteiger partial charge in [-0.3, -0.25) is 4.79 Å². The second-order valence-electron chi connectivity index (χ2n) is 6.69. The number of carbonyl (C=O) groups is 2. The van der Waals surface area contributed by atoms with Crippen LogP contribution in [-0.4, -0.2) is 28.6 Å². The van der Waals surface area contributed by atoms with Gasteiger partial charge in [0.2, 0.25) is 0 Å². The molecule has 0 spiro atoms. The lowest BCUT2D eigenvalue weighted by Crippen LogP contribution is -2.08. The number of ether oxygens (including phenoxy) is 1. The molecule has 0 atom stereocenters. The Morgan fingerprint density at radius 3 is 2.59 bits per heavy atom. The van der Waals surface area contributed by atoms with Gasteiger partial charge in [-0.05, 0) is 55.3 Å². The lowest BCUT2D eigenvalue weighted by Gasteiger charge is -2.08. The molecule has 29 heavy (non-hydrogen) atoms. The molecular weight excluding hydrogens is 411 g/mol. The van der Waals surface area contributed by atoms with Crippen molar-refractivity contribution < 1.29 is 14.3 Å². The molecule has 7 heteroatoms. The van der Waals surface area contributed by atoms with E-state index in [0.29, 0.717) is 17.9 Å². The third-order valence-electron chi connectivity index (χ3n) is 4.46. The second-order valence-corrected chi connectivity index (χ2v) is 7.53. The Hall–Kier alpha value is -2.63. The van der Waals surface area contributed by atoms with Crippen molar-refractivity contribution in [3.63, 3.8) is 0 Å². The van der Waals surface area contributed by atoms with Crippen LogP contribution in [0.4, 0.5) is 0 Å². The average Bonchev–Trinajstić information content (AvgIpc) is 3.06. The first-order valence-corrected chi connectivity index (χ1v) is 9.83. The number of carbonyl (C=O) groups excluding carboxylic acids is 2. The van der Waals surface area contributed by atoms with E-state index in [2.05, 4.69) is 9.84 Å². The molecule has 1 heterocycles. The van der Waals surface area contributed by atoms with Crippen LogP contribution in [0.3, 0.4) is 0 Å². The van der Waals surface area contributed by atoms with Crippen LogP contribution in [0.1, 0.15) is 33.7 Å². The normalized spacial score (nSPS) is 10.8. The monoisotopic (exact) mass is 430 g/mol. The summed E-state index contributed by atoms with van der Waals surface area (Å²) >= 11 is 12.2. The summed E-state index contributed by atoms with van der Waals surface area (Å²) in [4.78, 5) is 24.1. The van der Waals surface area contributed by atoms with E-state index in [1.807, 2.05) is 35.9 Å². The largest absolute Gasteiger partial charge is 0.465 e. The van der Waals surface area contributed by atoms with Gasteiger partial charge in [0.05, 0.1) is 29.1 Å². The first kappa shape index (κ1) is 21.1. The van der Waals surface area contributed by atoms with Gasteiger partial charge < -0.3 is 4.74 Å². The van der Waals surface area contributed by atoms with Crippen molar-refractivity contribution in [2.45, 2.75) is 26.2 Å². The van der Waals surface area contributed by atoms with Gasteiger partial charge in [-0.2, -0.15) is 5.10 Å². The fraction of sp³-hybridized carbons (Fsp3) is 0.227. The number of aryl methyl sites for hydroxylation is 2. The fourth-order valence-electron chi connectivity index (χ4n) is 3.09. The molecule has 0 aliphatic carbocycles. The maximum atomic E-state index is 12.5. The highest BCUT2D eigenvalue weighted by molar-refractivity contribution is 6.33. The highest BCUT2D eigenvalue weighted by Gasteiger charge is 2.14. The van der Waals surface area contributed by atoms with Crippen molar-refractivity contribution in [1.82, 2.24) is 9.78 Å². The quantitative estimate of drug-likeness (QED) is 0.493. The van der Waals surface area contributed by atoms with Gasteiger partial charge in [0.15, 0.2) is 0 Å². The molecule has 0 N–H and O–H groups in total. The summed E-state index contributed by atoms with van der Waals surface area (Å²) in [5, 5.41) is 5.42. The summed E-state index contributed by atoms with van der Waals surface area (Å²) in [5.41, 5.74) is 3.71. The van der Waals surface area contributed by atoms with E-state index in [4.69, 9.17) is 23.2 Å². The van der Waals surface area contributed by atoms with Crippen LogP contribution in [0.5, 0.6) is 0 Å². The molecule has 3 aromatic rings. The predicted octanol–water partition coefficient (Wildman–Crippen LogP) is 5.02. The molecule has 2 aromatic carbocycles. The van der Waals surface area contributed by atoms with Crippen LogP contribution < -0.4 is 0 Å². The number of hydrogen-bond acceptors (Lipinski definition) is 4. The highest BCUT2D eigenvalue weighted by atomic mass is 35.5. The predicted molar refractivity (Wildman–Crippen MR) is 113 cm³/mol. The number of Topliss-reactive ketones (excluding diaryl/α,β-unsaturated/α-hetero) is 1. The summed E-state index contributed by atoms with van der Waals surface area (Å²) in [5.74, 6) is -0.430. The number of nitrogens with zero attached hydrogens (tertiary/aromatic N) is 2. The molecule has 0 saturated heterocycles. The Labute approximate surface area is 179 Å². The first-order valence-electron chi connectivity index (χ1n) is 9.07. The number of esters is 1. The molecule has 0 aliphatic heterocycles. The third-order valence-corrected chi connectivity index (χ3v) is 5.01. The van der Waals surface area contributed by atoms with Crippen LogP contribution in [0, 0.1) is 6.92 Å². The standard InChI is InChI=1S/C22H20Cl2N2O3/c1-14-10-18(26(25-14)17-5-3-4-16(23)13-17)7-8-19(27)11-15-6-9-20(21(24)12-15)22(28)29-2/h3-6,9-10,12-13H,7-8,11H2,1-2H3.